The quantitative estimate of drug-likeness (QED) is 0.0465. The Labute approximate surface area is 756 Å². The minimum Gasteiger partial charge on any atom is -0.350 e. The number of carbonyl (C=O) groups is 3. The predicted molar refractivity (Wildman–Crippen MR) is 499 cm³/mol. The van der Waals surface area contributed by atoms with Crippen molar-refractivity contribution in [2.75, 3.05) is 81.2 Å². The molecule has 26 nitrogen and oxygen atoms in total. The Hall–Kier alpha value is -13.0. The summed E-state index contributed by atoms with van der Waals surface area (Å²) in [5.41, 5.74) is 5.69. The minimum atomic E-state index is -0.749. The number of hydrogen-bond donors (Lipinski definition) is 0. The fourth-order valence-electron chi connectivity index (χ4n) is 16.8. The van der Waals surface area contributed by atoms with Gasteiger partial charge in [-0.05, 0) is 183 Å². The molecule has 0 spiro atoms. The van der Waals surface area contributed by atoms with Gasteiger partial charge in [0.15, 0.2) is 16.9 Å². The zero-order valence-corrected chi connectivity index (χ0v) is 77.0. The molecule has 0 aliphatic carbocycles. The molecule has 0 N–H and O–H groups in total. The van der Waals surface area contributed by atoms with Crippen LogP contribution in [0.1, 0.15) is 154 Å². The second-order valence-corrected chi connectivity index (χ2v) is 35.1. The van der Waals surface area contributed by atoms with Gasteiger partial charge in [0.2, 0.25) is 11.8 Å². The molecule has 9 aromatic heterocycles. The molecule has 3 aliphatic rings. The largest absolute Gasteiger partial charge is 0.355 e. The Kier molecular flexibility index (Phi) is 28.5. The first-order valence-corrected chi connectivity index (χ1v) is 43.7. The van der Waals surface area contributed by atoms with Crippen molar-refractivity contribution in [3.05, 3.63) is 245 Å². The lowest BCUT2D eigenvalue weighted by Crippen LogP contribution is -2.58. The number of aryl methyl sites for hydroxylation is 2. The van der Waals surface area contributed by atoms with Crippen LogP contribution in [0, 0.1) is 49.0 Å². The maximum Gasteiger partial charge on any atom is 0.355 e. The molecule has 0 bridgehead atoms. The van der Waals surface area contributed by atoms with Gasteiger partial charge in [0.05, 0.1) is 71.7 Å². The zero-order chi connectivity index (χ0) is 93.2. The summed E-state index contributed by atoms with van der Waals surface area (Å²) in [6, 6.07) is 23.8. The van der Waals surface area contributed by atoms with E-state index in [4.69, 9.17) is 33.2 Å². The van der Waals surface area contributed by atoms with E-state index in [1.54, 1.807) is 107 Å². The number of benzene rings is 3. The van der Waals surface area contributed by atoms with Gasteiger partial charge in [0.25, 0.3) is 5.91 Å². The monoisotopic (exact) mass is 1790 g/mol. The molecular formula is C97H104Cl2F4N20O6. The number of nitrogens with zero attached hydrogens (tertiary/aromatic N) is 20. The van der Waals surface area contributed by atoms with Crippen LogP contribution in [-0.2, 0) is 14.4 Å². The van der Waals surface area contributed by atoms with Crippen molar-refractivity contribution in [2.45, 2.75) is 165 Å². The first-order valence-electron chi connectivity index (χ1n) is 42.9. The number of likely N-dealkylation sites (N-methyl/N-ethyl adjacent to an activating group) is 1. The zero-order valence-electron chi connectivity index (χ0n) is 75.5. The fourth-order valence-corrected chi connectivity index (χ4v) is 17.4. The summed E-state index contributed by atoms with van der Waals surface area (Å²) in [5, 5.41) is 1.80. The van der Waals surface area contributed by atoms with E-state index in [0.29, 0.717) is 115 Å². The lowest BCUT2D eigenvalue weighted by atomic mass is 10.0. The topological polar surface area (TPSA) is 269 Å². The van der Waals surface area contributed by atoms with Gasteiger partial charge >= 0.3 is 17.1 Å². The van der Waals surface area contributed by atoms with Crippen molar-refractivity contribution in [3.8, 4) is 62.7 Å². The maximum absolute atomic E-state index is 15.8. The third-order valence-electron chi connectivity index (χ3n) is 23.3. The van der Waals surface area contributed by atoms with Gasteiger partial charge in [-0.15, -0.1) is 0 Å². The molecule has 5 atom stereocenters. The Morgan fingerprint density at radius 1 is 0.504 bits per heavy atom. The smallest absolute Gasteiger partial charge is 0.350 e. The van der Waals surface area contributed by atoms with Gasteiger partial charge in [-0.1, -0.05) is 134 Å². The van der Waals surface area contributed by atoms with Crippen LogP contribution in [0.3, 0.4) is 0 Å². The first kappa shape index (κ1) is 93.7. The minimum absolute atomic E-state index is 0.0209. The van der Waals surface area contributed by atoms with Crippen LogP contribution in [-0.4, -0.2) is 198 Å². The highest BCUT2D eigenvalue weighted by molar-refractivity contribution is 6.34. The van der Waals surface area contributed by atoms with E-state index in [2.05, 4.69) is 58.3 Å². The average molecular weight is 1790 g/mol. The lowest BCUT2D eigenvalue weighted by molar-refractivity contribution is -0.129. The van der Waals surface area contributed by atoms with Gasteiger partial charge in [-0.2, -0.15) is 15.0 Å². The van der Waals surface area contributed by atoms with E-state index in [-0.39, 0.29) is 138 Å². The van der Waals surface area contributed by atoms with Crippen molar-refractivity contribution >= 4 is 91.5 Å². The van der Waals surface area contributed by atoms with Gasteiger partial charge in [0, 0.05) is 124 Å². The molecule has 129 heavy (non-hydrogen) atoms. The summed E-state index contributed by atoms with van der Waals surface area (Å²) in [5.74, 6) is 3.38. The van der Waals surface area contributed by atoms with Gasteiger partial charge in [-0.3, -0.25) is 24.4 Å². The molecular weight excluding hydrogens is 1690 g/mol. The molecule has 3 fully saturated rings. The molecule has 0 radical (unpaired) electrons. The number of anilines is 3. The van der Waals surface area contributed by atoms with E-state index in [1.165, 1.54) is 62.5 Å². The van der Waals surface area contributed by atoms with E-state index >= 15 is 8.78 Å². The van der Waals surface area contributed by atoms with Gasteiger partial charge in [-0.25, -0.2) is 70.6 Å². The molecule has 5 unspecified atom stereocenters. The summed E-state index contributed by atoms with van der Waals surface area (Å²) in [7, 11) is 3.89. The molecule has 3 saturated heterocycles. The molecule has 12 aromatic rings. The summed E-state index contributed by atoms with van der Waals surface area (Å²) in [6.07, 6.45) is 11.4. The van der Waals surface area contributed by atoms with E-state index in [0.717, 1.165) is 16.7 Å². The Morgan fingerprint density at radius 2 is 0.946 bits per heavy atom. The van der Waals surface area contributed by atoms with Gasteiger partial charge in [0.1, 0.15) is 52.7 Å². The lowest BCUT2D eigenvalue weighted by Gasteiger charge is -2.44. The maximum atomic E-state index is 15.8. The SMILES string of the molecule is C=CC(=O)N1CC(C)N(c2nc(=O)n(-c3c(C)cncc3C(C)C)c3nc(-c4ccccc4F)c(Cl)cc23)CC1C.CC#CC(=O)N1CC(C)N(c2nc(=O)n(-c3c(C)ccnc3C(C)C)c3nc(-c4ccccc4F)c(F)cc23)CC1C.CC(C)c1ncnc(C(C)C)c1-n1c(=O)nc(N2CCN(C(=O)/C=C/CN(C)C)CC2C)c2cc(Cl)c(-c3ccccc3F)nc21. The van der Waals surface area contributed by atoms with Crippen LogP contribution in [0.4, 0.5) is 35.0 Å². The van der Waals surface area contributed by atoms with Crippen molar-refractivity contribution in [1.82, 2.24) is 83.1 Å². The molecule has 15 rings (SSSR count). The number of carbonyl (C=O) groups excluding carboxylic acids is 3. The molecule has 670 valence electrons. The number of aromatic nitrogens is 13. The van der Waals surface area contributed by atoms with Crippen molar-refractivity contribution in [1.29, 1.82) is 0 Å². The second-order valence-electron chi connectivity index (χ2n) is 34.3. The molecule has 3 aliphatic heterocycles. The molecule has 32 heteroatoms. The van der Waals surface area contributed by atoms with Crippen molar-refractivity contribution in [2.24, 2.45) is 0 Å². The number of halogens is 6. The van der Waals surface area contributed by atoms with Crippen molar-refractivity contribution < 1.29 is 31.9 Å². The summed E-state index contributed by atoms with van der Waals surface area (Å²) >= 11 is 13.6. The van der Waals surface area contributed by atoms with Crippen molar-refractivity contribution in [3.63, 3.8) is 0 Å². The number of amides is 3. The number of pyridine rings is 5. The Morgan fingerprint density at radius 3 is 1.42 bits per heavy atom. The molecule has 3 aromatic carbocycles. The first-order chi connectivity index (χ1) is 61.4. The fraction of sp³-hybridized carbons (Fsp3) is 0.361. The van der Waals surface area contributed by atoms with Gasteiger partial charge < -0.3 is 34.3 Å². The molecule has 0 saturated carbocycles. The highest BCUT2D eigenvalue weighted by Crippen LogP contribution is 2.42. The standard InChI is InChI=1S/C34H40ClFN8O2.C32H32F2N6O2.C31H32ClFN6O2/c1-20(2)28-31(29(21(3)4)38-19-37-28)44-33-24(17-25(35)30(39-33)23-11-8-9-12-26(23)36)32(40-34(44)46)43-16-15-42(18-22(43)5)27(45)13-10-14-41(6)7;1-7-10-26(41)38-16-21(6)39(17-20(38)5)30-23-15-25(34)28(22-11-8-9-12-24(22)33)36-31(23)40(32(42)37-30)29-19(4)13-14-35-27(29)18(2)3;1-7-26(40)37-15-20(6)38(16-19(37)5)29-22-12-24(32)27(21-10-8-9-11-25(21)33)35-30(22)39(31(41)36-29)28-18(4)13-34-14-23(28)17(2)3/h8-13,17,19-22H,14-16,18H2,1-7H3;8-9,11-15,18,20-21H,16-17H2,1-6H3;7-14,17,19-20H,1,15-16H2,2-6H3/b13-10+;;. The van der Waals surface area contributed by atoms with Crippen LogP contribution in [0.15, 0.2) is 161 Å². The van der Waals surface area contributed by atoms with Crippen LogP contribution < -0.4 is 31.8 Å². The third-order valence-corrected chi connectivity index (χ3v) is 23.9. The molecule has 12 heterocycles. The van der Waals surface area contributed by atoms with E-state index in [1.807, 2.05) is 144 Å². The van der Waals surface area contributed by atoms with E-state index in [9.17, 15) is 37.5 Å². The van der Waals surface area contributed by atoms with Crippen LogP contribution in [0.5, 0.6) is 0 Å². The number of hydrogen-bond acceptors (Lipinski definition) is 20. The van der Waals surface area contributed by atoms with Crippen LogP contribution in [0.25, 0.3) is 83.9 Å². The predicted octanol–water partition coefficient (Wildman–Crippen LogP) is 16.1. The Bertz CT molecular complexity index is 6640. The summed E-state index contributed by atoms with van der Waals surface area (Å²) < 4.78 is 65.0. The highest BCUT2D eigenvalue weighted by atomic mass is 35.5. The van der Waals surface area contributed by atoms with Crippen LogP contribution in [0.2, 0.25) is 10.0 Å². The summed E-state index contributed by atoms with van der Waals surface area (Å²) in [6.45, 7) is 38.2. The third kappa shape index (κ3) is 19.0. The Balaban J connectivity index is 0.000000165. The number of rotatable bonds is 17. The highest BCUT2D eigenvalue weighted by Gasteiger charge is 2.39. The number of piperazine rings is 3. The summed E-state index contributed by atoms with van der Waals surface area (Å²) in [4.78, 5) is 139. The van der Waals surface area contributed by atoms with Crippen LogP contribution >= 0.6 is 23.2 Å². The normalized spacial score (nSPS) is 16.6. The second kappa shape index (κ2) is 39.3. The number of fused-ring (bicyclic) bond motifs is 3. The average Bonchev–Trinajstić information content (AvgIpc) is 0.742. The molecule has 3 amide bonds. The van der Waals surface area contributed by atoms with E-state index < -0.39 is 40.3 Å².